The number of carbonyl (C=O) groups is 5. The number of esters is 3. The van der Waals surface area contributed by atoms with Crippen LogP contribution in [0.25, 0.3) is 0 Å². The molecule has 0 bridgehead atoms. The van der Waals surface area contributed by atoms with Gasteiger partial charge >= 0.3 is 23.9 Å². The standard InChI is InChI=1S/C15H23NO9/c1-5-25-10(18)7-6-9(17)16-12(13(19)20)8(2)11(14(21)23-3)15(22)24-4/h8,11-12H,5-7H2,1-4H3,(H,16,17)(H,19,20)/t8-,12-/m1/s1. The molecule has 142 valence electrons. The molecule has 0 fully saturated rings. The van der Waals surface area contributed by atoms with E-state index in [4.69, 9.17) is 0 Å². The van der Waals surface area contributed by atoms with Crippen LogP contribution >= 0.6 is 0 Å². The molecule has 2 N–H and O–H groups in total. The van der Waals surface area contributed by atoms with Gasteiger partial charge < -0.3 is 24.6 Å². The van der Waals surface area contributed by atoms with E-state index in [1.807, 2.05) is 0 Å². The average Bonchev–Trinajstić information content (AvgIpc) is 2.57. The van der Waals surface area contributed by atoms with E-state index in [9.17, 15) is 29.1 Å². The molecular weight excluding hydrogens is 338 g/mol. The number of methoxy groups -OCH3 is 2. The highest BCUT2D eigenvalue weighted by atomic mass is 16.5. The van der Waals surface area contributed by atoms with Crippen LogP contribution in [0.15, 0.2) is 0 Å². The Hall–Kier alpha value is -2.65. The largest absolute Gasteiger partial charge is 0.480 e. The Kier molecular flexibility index (Phi) is 9.83. The molecule has 0 aliphatic carbocycles. The third-order valence-corrected chi connectivity index (χ3v) is 3.41. The highest BCUT2D eigenvalue weighted by molar-refractivity contribution is 5.96. The van der Waals surface area contributed by atoms with Crippen LogP contribution in [0, 0.1) is 11.8 Å². The summed E-state index contributed by atoms with van der Waals surface area (Å²) in [7, 11) is 2.08. The van der Waals surface area contributed by atoms with Crippen LogP contribution < -0.4 is 5.32 Å². The maximum absolute atomic E-state index is 11.9. The van der Waals surface area contributed by atoms with Crippen molar-refractivity contribution < 1.29 is 43.3 Å². The summed E-state index contributed by atoms with van der Waals surface area (Å²) in [6.45, 7) is 3.07. The second kappa shape index (κ2) is 11.0. The van der Waals surface area contributed by atoms with Crippen LogP contribution in [-0.4, -0.2) is 61.8 Å². The Bertz CT molecular complexity index is 501. The molecule has 0 aromatic carbocycles. The molecule has 0 aliphatic heterocycles. The monoisotopic (exact) mass is 361 g/mol. The molecule has 0 spiro atoms. The van der Waals surface area contributed by atoms with E-state index in [0.29, 0.717) is 0 Å². The molecule has 0 aromatic heterocycles. The summed E-state index contributed by atoms with van der Waals surface area (Å²) < 4.78 is 13.6. The van der Waals surface area contributed by atoms with Crippen molar-refractivity contribution in [2.75, 3.05) is 20.8 Å². The second-order valence-corrected chi connectivity index (χ2v) is 5.07. The van der Waals surface area contributed by atoms with E-state index in [0.717, 1.165) is 14.2 Å². The molecule has 0 radical (unpaired) electrons. The van der Waals surface area contributed by atoms with Gasteiger partial charge in [0.25, 0.3) is 0 Å². The van der Waals surface area contributed by atoms with Gasteiger partial charge in [0.1, 0.15) is 6.04 Å². The summed E-state index contributed by atoms with van der Waals surface area (Å²) in [5.41, 5.74) is 0. The van der Waals surface area contributed by atoms with Gasteiger partial charge in [0, 0.05) is 12.3 Å². The summed E-state index contributed by atoms with van der Waals surface area (Å²) in [5, 5.41) is 11.5. The van der Waals surface area contributed by atoms with Gasteiger partial charge in [0.15, 0.2) is 5.92 Å². The molecule has 0 heterocycles. The van der Waals surface area contributed by atoms with Crippen molar-refractivity contribution in [3.63, 3.8) is 0 Å². The SMILES string of the molecule is CCOC(=O)CCC(=O)N[C@@H](C(=O)O)[C@H](C)C(C(=O)OC)C(=O)OC. The topological polar surface area (TPSA) is 145 Å². The van der Waals surface area contributed by atoms with Gasteiger partial charge in [-0.25, -0.2) is 4.79 Å². The lowest BCUT2D eigenvalue weighted by atomic mass is 9.87. The van der Waals surface area contributed by atoms with Gasteiger partial charge in [-0.05, 0) is 6.92 Å². The van der Waals surface area contributed by atoms with E-state index >= 15 is 0 Å². The fourth-order valence-electron chi connectivity index (χ4n) is 2.08. The number of carboxylic acid groups (broad SMARTS) is 1. The third kappa shape index (κ3) is 7.19. The number of amides is 1. The van der Waals surface area contributed by atoms with Gasteiger partial charge in [0.2, 0.25) is 5.91 Å². The Balaban J connectivity index is 5.09. The van der Waals surface area contributed by atoms with Crippen LogP contribution in [0.1, 0.15) is 26.7 Å². The van der Waals surface area contributed by atoms with Gasteiger partial charge in [-0.15, -0.1) is 0 Å². The Labute approximate surface area is 144 Å². The van der Waals surface area contributed by atoms with Gasteiger partial charge in [0.05, 0.1) is 27.2 Å². The lowest BCUT2D eigenvalue weighted by molar-refractivity contribution is -0.163. The van der Waals surface area contributed by atoms with Crippen LogP contribution in [0.2, 0.25) is 0 Å². The van der Waals surface area contributed by atoms with E-state index < -0.39 is 47.7 Å². The normalized spacial score (nSPS) is 12.7. The minimum atomic E-state index is -1.56. The van der Waals surface area contributed by atoms with Crippen molar-refractivity contribution in [2.24, 2.45) is 11.8 Å². The fraction of sp³-hybridized carbons (Fsp3) is 0.667. The molecule has 0 aromatic rings. The Morgan fingerprint density at radius 1 is 1.00 bits per heavy atom. The quantitative estimate of drug-likeness (QED) is 0.298. The molecule has 10 nitrogen and oxygen atoms in total. The van der Waals surface area contributed by atoms with Gasteiger partial charge in [-0.1, -0.05) is 6.92 Å². The van der Waals surface area contributed by atoms with Gasteiger partial charge in [-0.2, -0.15) is 0 Å². The first kappa shape index (κ1) is 22.4. The highest BCUT2D eigenvalue weighted by Crippen LogP contribution is 2.20. The molecule has 2 atom stereocenters. The van der Waals surface area contributed by atoms with Crippen molar-refractivity contribution in [3.8, 4) is 0 Å². The fourth-order valence-corrected chi connectivity index (χ4v) is 2.08. The van der Waals surface area contributed by atoms with Gasteiger partial charge in [-0.3, -0.25) is 19.2 Å². The number of ether oxygens (including phenoxy) is 3. The molecule has 25 heavy (non-hydrogen) atoms. The summed E-state index contributed by atoms with van der Waals surface area (Å²) in [6.07, 6.45) is -0.520. The smallest absolute Gasteiger partial charge is 0.326 e. The molecular formula is C15H23NO9. The number of carbonyl (C=O) groups excluding carboxylic acids is 4. The molecule has 0 aliphatic rings. The predicted octanol–water partition coefficient (Wildman–Crippen LogP) is -0.503. The lowest BCUT2D eigenvalue weighted by Crippen LogP contribution is -2.50. The first-order valence-corrected chi connectivity index (χ1v) is 7.52. The van der Waals surface area contributed by atoms with Crippen molar-refractivity contribution in [2.45, 2.75) is 32.7 Å². The highest BCUT2D eigenvalue weighted by Gasteiger charge is 2.41. The Morgan fingerprint density at radius 2 is 1.52 bits per heavy atom. The van der Waals surface area contributed by atoms with E-state index in [1.54, 1.807) is 6.92 Å². The predicted molar refractivity (Wildman–Crippen MR) is 82.1 cm³/mol. The number of rotatable bonds is 10. The summed E-state index contributed by atoms with van der Waals surface area (Å²) >= 11 is 0. The zero-order valence-corrected chi connectivity index (χ0v) is 14.6. The average molecular weight is 361 g/mol. The first-order chi connectivity index (χ1) is 11.7. The minimum Gasteiger partial charge on any atom is -0.480 e. The Morgan fingerprint density at radius 3 is 1.92 bits per heavy atom. The van der Waals surface area contributed by atoms with Crippen molar-refractivity contribution in [1.29, 1.82) is 0 Å². The van der Waals surface area contributed by atoms with Crippen molar-refractivity contribution >= 4 is 29.8 Å². The second-order valence-electron chi connectivity index (χ2n) is 5.07. The minimum absolute atomic E-state index is 0.162. The summed E-state index contributed by atoms with van der Waals surface area (Å²) in [6, 6.07) is -1.56. The molecule has 1 amide bonds. The molecule has 0 rings (SSSR count). The van der Waals surface area contributed by atoms with E-state index in [1.165, 1.54) is 6.92 Å². The number of carboxylic acids is 1. The van der Waals surface area contributed by atoms with E-state index in [2.05, 4.69) is 19.5 Å². The van der Waals surface area contributed by atoms with E-state index in [-0.39, 0.29) is 19.4 Å². The molecule has 0 unspecified atom stereocenters. The molecule has 0 saturated carbocycles. The van der Waals surface area contributed by atoms with Crippen LogP contribution in [0.3, 0.4) is 0 Å². The number of nitrogens with one attached hydrogen (secondary N) is 1. The zero-order chi connectivity index (χ0) is 19.6. The van der Waals surface area contributed by atoms with Crippen LogP contribution in [0.5, 0.6) is 0 Å². The molecule has 0 saturated heterocycles. The lowest BCUT2D eigenvalue weighted by Gasteiger charge is -2.25. The third-order valence-electron chi connectivity index (χ3n) is 3.41. The maximum Gasteiger partial charge on any atom is 0.326 e. The van der Waals surface area contributed by atoms with Crippen molar-refractivity contribution in [3.05, 3.63) is 0 Å². The zero-order valence-electron chi connectivity index (χ0n) is 14.6. The summed E-state index contributed by atoms with van der Waals surface area (Å²) in [4.78, 5) is 58.0. The van der Waals surface area contributed by atoms with Crippen molar-refractivity contribution in [1.82, 2.24) is 5.32 Å². The number of aliphatic carboxylic acids is 1. The number of hydrogen-bond donors (Lipinski definition) is 2. The number of hydrogen-bond acceptors (Lipinski definition) is 8. The maximum atomic E-state index is 11.9. The summed E-state index contributed by atoms with van der Waals surface area (Å²) in [5.74, 6) is -7.42. The first-order valence-electron chi connectivity index (χ1n) is 7.52. The van der Waals surface area contributed by atoms with Crippen LogP contribution in [-0.2, 0) is 38.2 Å². The molecule has 10 heteroatoms. The van der Waals surface area contributed by atoms with Crippen LogP contribution in [0.4, 0.5) is 0 Å².